The molecule has 0 amide bonds. The maximum Gasteiger partial charge on any atom is 0.232 e. The van der Waals surface area contributed by atoms with Crippen LogP contribution in [0.4, 0.5) is 23.0 Å². The van der Waals surface area contributed by atoms with Crippen molar-refractivity contribution in [2.45, 2.75) is 32.5 Å². The Morgan fingerprint density at radius 3 is 2.58 bits per heavy atom. The molecule has 5 rings (SSSR count). The fraction of sp³-hybridized carbons (Fsp3) is 0.379. The predicted molar refractivity (Wildman–Crippen MR) is 161 cm³/mol. The van der Waals surface area contributed by atoms with E-state index < -0.39 is 10.0 Å². The number of benzene rings is 2. The first-order chi connectivity index (χ1) is 19.1. The molecule has 4 aromatic rings. The zero-order chi connectivity index (χ0) is 28.4. The number of sulfonamides is 1. The molecule has 0 spiro atoms. The van der Waals surface area contributed by atoms with Crippen LogP contribution in [0.15, 0.2) is 67.0 Å². The normalized spacial score (nSPS) is 17.2. The van der Waals surface area contributed by atoms with Crippen molar-refractivity contribution in [1.29, 1.82) is 0 Å². The Hall–Kier alpha value is -3.67. The number of para-hydroxylation sites is 1. The Labute approximate surface area is 235 Å². The van der Waals surface area contributed by atoms with Gasteiger partial charge in [-0.25, -0.2) is 13.4 Å². The molecule has 1 aliphatic heterocycles. The fourth-order valence-corrected chi connectivity index (χ4v) is 5.73. The Bertz CT molecular complexity index is 1570. The topological polar surface area (TPSA) is 107 Å². The molecule has 0 unspecified atom stereocenters. The minimum atomic E-state index is -3.39. The average Bonchev–Trinajstić information content (AvgIpc) is 3.31. The zero-order valence-corrected chi connectivity index (χ0v) is 24.2. The molecule has 2 aromatic carbocycles. The van der Waals surface area contributed by atoms with Crippen LogP contribution in [-0.4, -0.2) is 84.6 Å². The molecular weight excluding hydrogens is 526 g/mol. The number of anilines is 4. The lowest BCUT2D eigenvalue weighted by Gasteiger charge is -2.41. The van der Waals surface area contributed by atoms with Crippen LogP contribution in [0.3, 0.4) is 0 Å². The Kier molecular flexibility index (Phi) is 7.97. The summed E-state index contributed by atoms with van der Waals surface area (Å²) in [4.78, 5) is 14.0. The summed E-state index contributed by atoms with van der Waals surface area (Å²) in [6.45, 7) is 7.97. The molecule has 2 aromatic heterocycles. The lowest BCUT2D eigenvalue weighted by atomic mass is 10.1. The number of nitrogens with zero attached hydrogens (tertiary/aromatic N) is 6. The Morgan fingerprint density at radius 2 is 1.88 bits per heavy atom. The third-order valence-corrected chi connectivity index (χ3v) is 8.62. The molecule has 0 saturated carbocycles. The van der Waals surface area contributed by atoms with Gasteiger partial charge in [-0.15, -0.1) is 0 Å². The van der Waals surface area contributed by atoms with Gasteiger partial charge in [0.1, 0.15) is 5.65 Å². The number of β-amino-alcohol motifs (C(OH)–C–C–N with tert-alkyl or cyclic N) is 1. The van der Waals surface area contributed by atoms with Crippen molar-refractivity contribution in [3.05, 3.63) is 72.6 Å². The van der Waals surface area contributed by atoms with E-state index in [4.69, 9.17) is 4.98 Å². The molecule has 0 aliphatic carbocycles. The molecule has 10 nitrogen and oxygen atoms in total. The smallest absolute Gasteiger partial charge is 0.232 e. The number of aromatic nitrogens is 3. The number of hydrogen-bond donors (Lipinski definition) is 2. The van der Waals surface area contributed by atoms with Crippen LogP contribution in [0.2, 0.25) is 0 Å². The fourth-order valence-electron chi connectivity index (χ4n) is 5.20. The molecule has 1 saturated heterocycles. The van der Waals surface area contributed by atoms with Gasteiger partial charge in [-0.1, -0.05) is 18.2 Å². The molecule has 11 heteroatoms. The van der Waals surface area contributed by atoms with Gasteiger partial charge in [-0.2, -0.15) is 4.98 Å². The van der Waals surface area contributed by atoms with Crippen LogP contribution in [0.25, 0.3) is 11.0 Å². The lowest BCUT2D eigenvalue weighted by Crippen LogP contribution is -2.53. The van der Waals surface area contributed by atoms with E-state index in [2.05, 4.69) is 39.2 Å². The summed E-state index contributed by atoms with van der Waals surface area (Å²) in [6, 6.07) is 18.1. The lowest BCUT2D eigenvalue weighted by molar-refractivity contribution is 0.0960. The number of fused-ring (bicyclic) bond motifs is 1. The largest absolute Gasteiger partial charge is 0.392 e. The van der Waals surface area contributed by atoms with E-state index in [1.165, 1.54) is 10.6 Å². The first-order valence-corrected chi connectivity index (χ1v) is 15.3. The highest BCUT2D eigenvalue weighted by atomic mass is 32.2. The van der Waals surface area contributed by atoms with E-state index in [1.54, 1.807) is 13.2 Å². The molecule has 2 atom stereocenters. The van der Waals surface area contributed by atoms with E-state index in [1.807, 2.05) is 60.2 Å². The minimum absolute atomic E-state index is 0.318. The van der Waals surface area contributed by atoms with Crippen molar-refractivity contribution < 1.29 is 13.5 Å². The summed E-state index contributed by atoms with van der Waals surface area (Å²) in [5.41, 5.74) is 4.32. The highest BCUT2D eigenvalue weighted by Gasteiger charge is 2.24. The van der Waals surface area contributed by atoms with Gasteiger partial charge < -0.3 is 19.9 Å². The second-order valence-electron chi connectivity index (χ2n) is 10.6. The summed E-state index contributed by atoms with van der Waals surface area (Å²) in [7, 11) is -1.82. The van der Waals surface area contributed by atoms with E-state index in [9.17, 15) is 13.5 Å². The molecular formula is C29H37N7O3S. The van der Waals surface area contributed by atoms with E-state index in [0.29, 0.717) is 30.8 Å². The predicted octanol–water partition coefficient (Wildman–Crippen LogP) is 3.51. The van der Waals surface area contributed by atoms with Gasteiger partial charge in [0.15, 0.2) is 0 Å². The maximum absolute atomic E-state index is 12.2. The second-order valence-corrected chi connectivity index (χ2v) is 12.6. The molecule has 2 N–H and O–H groups in total. The van der Waals surface area contributed by atoms with Crippen LogP contribution >= 0.6 is 0 Å². The van der Waals surface area contributed by atoms with Crippen LogP contribution in [0.1, 0.15) is 19.4 Å². The van der Waals surface area contributed by atoms with E-state index in [-0.39, 0.29) is 6.10 Å². The van der Waals surface area contributed by atoms with Crippen molar-refractivity contribution in [2.24, 2.45) is 0 Å². The monoisotopic (exact) mass is 563 g/mol. The third kappa shape index (κ3) is 6.22. The zero-order valence-electron chi connectivity index (χ0n) is 23.4. The van der Waals surface area contributed by atoms with E-state index in [0.717, 1.165) is 47.6 Å². The Balaban J connectivity index is 1.30. The summed E-state index contributed by atoms with van der Waals surface area (Å²) in [5, 5.41) is 14.0. The summed E-state index contributed by atoms with van der Waals surface area (Å²) < 4.78 is 27.6. The molecule has 0 radical (unpaired) electrons. The van der Waals surface area contributed by atoms with Crippen molar-refractivity contribution in [3.63, 3.8) is 0 Å². The first-order valence-electron chi connectivity index (χ1n) is 13.5. The number of hydrogen-bond acceptors (Lipinski definition) is 8. The van der Waals surface area contributed by atoms with Crippen molar-refractivity contribution in [1.82, 2.24) is 19.4 Å². The average molecular weight is 564 g/mol. The first kappa shape index (κ1) is 27.9. The SMILES string of the molecule is C[C@@H](O)CN1CCN(c2ccc(Nc3ncc4ccn(Cc5ccccc5N(C)S(C)(=O)=O)c4n3)cc2)C[C@@H]1C. The van der Waals surface area contributed by atoms with Gasteiger partial charge in [-0.05, 0) is 55.8 Å². The number of piperazine rings is 1. The minimum Gasteiger partial charge on any atom is -0.392 e. The van der Waals surface area contributed by atoms with Crippen molar-refractivity contribution in [2.75, 3.05) is 54.0 Å². The summed E-state index contributed by atoms with van der Waals surface area (Å²) in [5.74, 6) is 0.488. The maximum atomic E-state index is 12.2. The van der Waals surface area contributed by atoms with Crippen LogP contribution < -0.4 is 14.5 Å². The molecule has 212 valence electrons. The molecule has 1 fully saturated rings. The van der Waals surface area contributed by atoms with Crippen molar-refractivity contribution >= 4 is 44.1 Å². The van der Waals surface area contributed by atoms with Crippen LogP contribution in [-0.2, 0) is 16.6 Å². The quantitative estimate of drug-likeness (QED) is 0.319. The van der Waals surface area contributed by atoms with Gasteiger partial charge in [0.2, 0.25) is 16.0 Å². The van der Waals surface area contributed by atoms with Gasteiger partial charge in [0.25, 0.3) is 0 Å². The van der Waals surface area contributed by atoms with Gasteiger partial charge in [0, 0.05) is 68.4 Å². The highest BCUT2D eigenvalue weighted by Crippen LogP contribution is 2.26. The number of nitrogens with one attached hydrogen (secondary N) is 1. The summed E-state index contributed by atoms with van der Waals surface area (Å²) >= 11 is 0. The second kappa shape index (κ2) is 11.4. The van der Waals surface area contributed by atoms with E-state index >= 15 is 0 Å². The summed E-state index contributed by atoms with van der Waals surface area (Å²) in [6.07, 6.45) is 4.61. The standard InChI is InChI=1S/C29H37N7O3S/c1-21-18-35(16-15-34(21)19-22(2)37)26-11-9-25(10-12-26)31-29-30-17-23-13-14-36(28(23)32-29)20-24-7-5-6-8-27(24)33(3)40(4,38)39/h5-14,17,21-22,37H,15-16,18-20H2,1-4H3,(H,30,31,32)/t21-,22+/m0/s1. The molecule has 40 heavy (non-hydrogen) atoms. The number of aliphatic hydroxyl groups excluding tert-OH is 1. The van der Waals surface area contributed by atoms with Gasteiger partial charge in [0.05, 0.1) is 24.6 Å². The highest BCUT2D eigenvalue weighted by molar-refractivity contribution is 7.92. The number of aliphatic hydroxyl groups is 1. The molecule has 1 aliphatic rings. The number of rotatable bonds is 9. The van der Waals surface area contributed by atoms with Crippen LogP contribution in [0.5, 0.6) is 0 Å². The van der Waals surface area contributed by atoms with Gasteiger partial charge in [-0.3, -0.25) is 9.21 Å². The Morgan fingerprint density at radius 1 is 1.12 bits per heavy atom. The van der Waals surface area contributed by atoms with Crippen molar-refractivity contribution in [3.8, 4) is 0 Å². The molecule has 3 heterocycles. The third-order valence-electron chi connectivity index (χ3n) is 7.42. The molecule has 0 bridgehead atoms. The van der Waals surface area contributed by atoms with Gasteiger partial charge >= 0.3 is 0 Å². The van der Waals surface area contributed by atoms with Crippen LogP contribution in [0, 0.1) is 0 Å².